The second-order valence-electron chi connectivity index (χ2n) is 1.74. The number of hydrazine groups is 1. The molecule has 0 aliphatic heterocycles. The van der Waals surface area contributed by atoms with Crippen molar-refractivity contribution in [2.45, 2.75) is 0 Å². The van der Waals surface area contributed by atoms with E-state index < -0.39 is 5.97 Å². The van der Waals surface area contributed by atoms with Gasteiger partial charge < -0.3 is 5.11 Å². The van der Waals surface area contributed by atoms with E-state index in [0.29, 0.717) is 0 Å². The number of nitrogen functional groups attached to an aromatic ring is 1. The van der Waals surface area contributed by atoms with Crippen LogP contribution in [0.25, 0.3) is 0 Å². The van der Waals surface area contributed by atoms with Crippen molar-refractivity contribution in [3.05, 3.63) is 18.0 Å². The highest BCUT2D eigenvalue weighted by molar-refractivity contribution is 5.86. The number of hydrogen-bond acceptors (Lipinski definition) is 5. The van der Waals surface area contributed by atoms with E-state index in [1.165, 1.54) is 12.4 Å². The molecule has 0 aliphatic carbocycles. The molecule has 58 valence electrons. The highest BCUT2D eigenvalue weighted by Gasteiger charge is 2.02. The standard InChI is InChI=1S/C5H6N4O2/c6-9-5-7-1-3(2-8-5)4(10)11/h1-2H,6H2,(H,10,11)(H,7,8,9). The lowest BCUT2D eigenvalue weighted by atomic mass is 10.4. The van der Waals surface area contributed by atoms with Gasteiger partial charge in [0.1, 0.15) is 0 Å². The van der Waals surface area contributed by atoms with Gasteiger partial charge in [0.25, 0.3) is 0 Å². The number of hydrogen-bond donors (Lipinski definition) is 3. The summed E-state index contributed by atoms with van der Waals surface area (Å²) in [5.41, 5.74) is 2.21. The van der Waals surface area contributed by atoms with Crippen LogP contribution in [0.15, 0.2) is 12.4 Å². The summed E-state index contributed by atoms with van der Waals surface area (Å²) in [7, 11) is 0. The van der Waals surface area contributed by atoms with Crippen LogP contribution in [-0.4, -0.2) is 21.0 Å². The number of carboxylic acids is 1. The van der Waals surface area contributed by atoms with E-state index in [9.17, 15) is 4.79 Å². The van der Waals surface area contributed by atoms with Crippen molar-refractivity contribution < 1.29 is 9.90 Å². The Kier molecular flexibility index (Phi) is 1.98. The third-order valence-corrected chi connectivity index (χ3v) is 1.03. The fourth-order valence-electron chi connectivity index (χ4n) is 0.513. The van der Waals surface area contributed by atoms with Crippen LogP contribution in [0, 0.1) is 0 Å². The molecule has 0 saturated carbocycles. The van der Waals surface area contributed by atoms with E-state index in [1.807, 2.05) is 0 Å². The summed E-state index contributed by atoms with van der Waals surface area (Å²) in [6.45, 7) is 0. The normalized spacial score (nSPS) is 9.18. The summed E-state index contributed by atoms with van der Waals surface area (Å²) in [5.74, 6) is 4.08. The monoisotopic (exact) mass is 154 g/mol. The van der Waals surface area contributed by atoms with Gasteiger partial charge in [-0.25, -0.2) is 20.6 Å². The highest BCUT2D eigenvalue weighted by atomic mass is 16.4. The number of carbonyl (C=O) groups is 1. The van der Waals surface area contributed by atoms with Gasteiger partial charge in [-0.1, -0.05) is 0 Å². The van der Waals surface area contributed by atoms with Crippen LogP contribution in [0.2, 0.25) is 0 Å². The number of anilines is 1. The van der Waals surface area contributed by atoms with Gasteiger partial charge in [0.2, 0.25) is 5.95 Å². The molecule has 0 bridgehead atoms. The second kappa shape index (κ2) is 2.93. The molecule has 0 aromatic carbocycles. The molecule has 0 fully saturated rings. The second-order valence-corrected chi connectivity index (χ2v) is 1.74. The van der Waals surface area contributed by atoms with Crippen molar-refractivity contribution in [1.29, 1.82) is 0 Å². The van der Waals surface area contributed by atoms with Gasteiger partial charge in [0, 0.05) is 12.4 Å². The molecule has 0 aliphatic rings. The van der Waals surface area contributed by atoms with E-state index in [-0.39, 0.29) is 11.5 Å². The fourth-order valence-corrected chi connectivity index (χ4v) is 0.513. The first kappa shape index (κ1) is 7.42. The molecule has 0 atom stereocenters. The molecule has 0 saturated heterocycles. The minimum absolute atomic E-state index is 0.0315. The largest absolute Gasteiger partial charge is 0.478 e. The van der Waals surface area contributed by atoms with Gasteiger partial charge in [-0.3, -0.25) is 5.43 Å². The maximum Gasteiger partial charge on any atom is 0.338 e. The first-order valence-electron chi connectivity index (χ1n) is 2.76. The van der Waals surface area contributed by atoms with E-state index in [1.54, 1.807) is 0 Å². The van der Waals surface area contributed by atoms with Gasteiger partial charge in [-0.15, -0.1) is 0 Å². The SMILES string of the molecule is NNc1ncc(C(=O)O)cn1. The summed E-state index contributed by atoms with van der Waals surface area (Å²) >= 11 is 0. The number of nitrogens with one attached hydrogen (secondary N) is 1. The van der Waals surface area contributed by atoms with Crippen LogP contribution in [0.4, 0.5) is 5.95 Å². The predicted octanol–water partition coefficient (Wildman–Crippen LogP) is -0.540. The van der Waals surface area contributed by atoms with Gasteiger partial charge in [0.15, 0.2) is 0 Å². The lowest BCUT2D eigenvalue weighted by molar-refractivity contribution is 0.0696. The van der Waals surface area contributed by atoms with Crippen LogP contribution in [-0.2, 0) is 0 Å². The highest BCUT2D eigenvalue weighted by Crippen LogP contribution is 1.97. The Bertz CT molecular complexity index is 258. The molecule has 1 aromatic rings. The summed E-state index contributed by atoms with van der Waals surface area (Å²) in [4.78, 5) is 17.4. The minimum Gasteiger partial charge on any atom is -0.478 e. The van der Waals surface area contributed by atoms with Crippen molar-refractivity contribution in [2.75, 3.05) is 5.43 Å². The summed E-state index contributed by atoms with van der Waals surface area (Å²) in [6.07, 6.45) is 2.34. The maximum absolute atomic E-state index is 10.3. The number of aromatic nitrogens is 2. The average molecular weight is 154 g/mol. The van der Waals surface area contributed by atoms with Crippen LogP contribution in [0.1, 0.15) is 10.4 Å². The lowest BCUT2D eigenvalue weighted by Crippen LogP contribution is -2.11. The first-order valence-corrected chi connectivity index (χ1v) is 2.76. The molecule has 4 N–H and O–H groups in total. The number of nitrogens with zero attached hydrogens (tertiary/aromatic N) is 2. The third-order valence-electron chi connectivity index (χ3n) is 1.03. The Labute approximate surface area is 62.1 Å². The predicted molar refractivity (Wildman–Crippen MR) is 36.8 cm³/mol. The van der Waals surface area contributed by atoms with Gasteiger partial charge in [-0.2, -0.15) is 0 Å². The van der Waals surface area contributed by atoms with Crippen molar-refractivity contribution in [1.82, 2.24) is 9.97 Å². The quantitative estimate of drug-likeness (QED) is 0.390. The summed E-state index contributed by atoms with van der Waals surface area (Å²) < 4.78 is 0. The zero-order chi connectivity index (χ0) is 8.27. The first-order chi connectivity index (χ1) is 5.24. The van der Waals surface area contributed by atoms with Gasteiger partial charge in [-0.05, 0) is 0 Å². The molecular formula is C5H6N4O2. The topological polar surface area (TPSA) is 101 Å². The number of aromatic carboxylic acids is 1. The zero-order valence-corrected chi connectivity index (χ0v) is 5.48. The Morgan fingerprint density at radius 1 is 1.55 bits per heavy atom. The smallest absolute Gasteiger partial charge is 0.338 e. The molecule has 11 heavy (non-hydrogen) atoms. The summed E-state index contributed by atoms with van der Waals surface area (Å²) in [6, 6.07) is 0. The Balaban J connectivity index is 2.91. The molecule has 6 heteroatoms. The van der Waals surface area contributed by atoms with Crippen LogP contribution >= 0.6 is 0 Å². The number of rotatable bonds is 2. The van der Waals surface area contributed by atoms with E-state index >= 15 is 0 Å². The average Bonchev–Trinajstić information content (AvgIpc) is 2.05. The molecule has 1 rings (SSSR count). The van der Waals surface area contributed by atoms with Crippen molar-refractivity contribution >= 4 is 11.9 Å². The lowest BCUT2D eigenvalue weighted by Gasteiger charge is -1.95. The Hall–Kier alpha value is -1.69. The molecule has 1 heterocycles. The molecule has 0 radical (unpaired) electrons. The summed E-state index contributed by atoms with van der Waals surface area (Å²) in [5, 5.41) is 8.42. The van der Waals surface area contributed by atoms with Crippen LogP contribution in [0.3, 0.4) is 0 Å². The van der Waals surface area contributed by atoms with E-state index in [0.717, 1.165) is 0 Å². The van der Waals surface area contributed by atoms with Gasteiger partial charge >= 0.3 is 5.97 Å². The Morgan fingerprint density at radius 2 is 2.09 bits per heavy atom. The molecule has 0 spiro atoms. The van der Waals surface area contributed by atoms with E-state index in [2.05, 4.69) is 15.4 Å². The molecule has 0 unspecified atom stereocenters. The molecular weight excluding hydrogens is 148 g/mol. The minimum atomic E-state index is -1.06. The third kappa shape index (κ3) is 1.62. The zero-order valence-electron chi connectivity index (χ0n) is 5.48. The van der Waals surface area contributed by atoms with Crippen LogP contribution in [0.5, 0.6) is 0 Å². The number of carboxylic acid groups (broad SMARTS) is 1. The van der Waals surface area contributed by atoms with Crippen molar-refractivity contribution in [3.63, 3.8) is 0 Å². The van der Waals surface area contributed by atoms with Crippen LogP contribution < -0.4 is 11.3 Å². The molecule has 0 amide bonds. The molecule has 1 aromatic heterocycles. The fraction of sp³-hybridized carbons (Fsp3) is 0. The number of nitrogens with two attached hydrogens (primary N) is 1. The maximum atomic E-state index is 10.3. The Morgan fingerprint density at radius 3 is 2.45 bits per heavy atom. The van der Waals surface area contributed by atoms with Crippen molar-refractivity contribution in [3.8, 4) is 0 Å². The van der Waals surface area contributed by atoms with Gasteiger partial charge in [0.05, 0.1) is 5.56 Å². The molecule has 6 nitrogen and oxygen atoms in total. The van der Waals surface area contributed by atoms with Crippen molar-refractivity contribution in [2.24, 2.45) is 5.84 Å². The van der Waals surface area contributed by atoms with E-state index in [4.69, 9.17) is 10.9 Å².